The van der Waals surface area contributed by atoms with Crippen LogP contribution in [0.15, 0.2) is 18.2 Å². The third-order valence-corrected chi connectivity index (χ3v) is 2.48. The minimum atomic E-state index is -1.74. The Bertz CT molecular complexity index is 315. The van der Waals surface area contributed by atoms with E-state index in [0.717, 1.165) is 12.0 Å². The molecule has 0 aromatic heterocycles. The molecule has 0 fully saturated rings. The van der Waals surface area contributed by atoms with Crippen LogP contribution in [-0.2, 0) is 0 Å². The molecular formula is C10H14BFO2. The van der Waals surface area contributed by atoms with Crippen molar-refractivity contribution in [1.29, 1.82) is 0 Å². The fourth-order valence-corrected chi connectivity index (χ4v) is 1.30. The van der Waals surface area contributed by atoms with Gasteiger partial charge in [0.05, 0.1) is 0 Å². The van der Waals surface area contributed by atoms with Crippen molar-refractivity contribution in [2.75, 3.05) is 0 Å². The van der Waals surface area contributed by atoms with Gasteiger partial charge in [0.25, 0.3) is 0 Å². The number of benzene rings is 1. The molecule has 0 radical (unpaired) electrons. The van der Waals surface area contributed by atoms with Crippen molar-refractivity contribution in [3.8, 4) is 0 Å². The van der Waals surface area contributed by atoms with E-state index in [0.29, 0.717) is 5.92 Å². The molecule has 0 bridgehead atoms. The lowest BCUT2D eigenvalue weighted by Crippen LogP contribution is -2.33. The SMILES string of the molecule is CCC(C)c1ccc(F)c(B(O)O)c1. The zero-order valence-corrected chi connectivity index (χ0v) is 8.37. The monoisotopic (exact) mass is 196 g/mol. The van der Waals surface area contributed by atoms with Crippen LogP contribution in [0.4, 0.5) is 4.39 Å². The maximum atomic E-state index is 13.1. The van der Waals surface area contributed by atoms with E-state index >= 15 is 0 Å². The Balaban J connectivity index is 3.06. The summed E-state index contributed by atoms with van der Waals surface area (Å²) >= 11 is 0. The molecule has 1 unspecified atom stereocenters. The van der Waals surface area contributed by atoms with Gasteiger partial charge in [0.1, 0.15) is 5.82 Å². The van der Waals surface area contributed by atoms with Gasteiger partial charge in [-0.2, -0.15) is 0 Å². The summed E-state index contributed by atoms with van der Waals surface area (Å²) in [5.41, 5.74) is 0.875. The lowest BCUT2D eigenvalue weighted by atomic mass is 9.78. The molecule has 1 aromatic rings. The summed E-state index contributed by atoms with van der Waals surface area (Å²) in [5.74, 6) is -0.278. The van der Waals surface area contributed by atoms with Crippen molar-refractivity contribution in [1.82, 2.24) is 0 Å². The Morgan fingerprint density at radius 1 is 1.43 bits per heavy atom. The van der Waals surface area contributed by atoms with Gasteiger partial charge in [-0.1, -0.05) is 26.0 Å². The van der Waals surface area contributed by atoms with Gasteiger partial charge < -0.3 is 10.0 Å². The van der Waals surface area contributed by atoms with E-state index < -0.39 is 12.9 Å². The summed E-state index contributed by atoms with van der Waals surface area (Å²) in [5, 5.41) is 17.8. The van der Waals surface area contributed by atoms with Gasteiger partial charge in [-0.3, -0.25) is 0 Å². The largest absolute Gasteiger partial charge is 0.491 e. The van der Waals surface area contributed by atoms with E-state index in [1.807, 2.05) is 13.8 Å². The minimum absolute atomic E-state index is 0.0530. The molecule has 1 rings (SSSR count). The highest BCUT2D eigenvalue weighted by molar-refractivity contribution is 6.58. The first-order valence-electron chi connectivity index (χ1n) is 4.71. The number of halogens is 1. The maximum Gasteiger partial charge on any atom is 0.491 e. The lowest BCUT2D eigenvalue weighted by molar-refractivity contribution is 0.423. The molecule has 76 valence electrons. The fourth-order valence-electron chi connectivity index (χ4n) is 1.30. The first-order chi connectivity index (χ1) is 6.56. The van der Waals surface area contributed by atoms with Crippen LogP contribution >= 0.6 is 0 Å². The summed E-state index contributed by atoms with van der Waals surface area (Å²) in [6.07, 6.45) is 0.937. The topological polar surface area (TPSA) is 40.5 Å². The fraction of sp³-hybridized carbons (Fsp3) is 0.400. The molecule has 2 N–H and O–H groups in total. The molecule has 0 aliphatic heterocycles. The van der Waals surface area contributed by atoms with E-state index in [1.165, 1.54) is 12.1 Å². The lowest BCUT2D eigenvalue weighted by Gasteiger charge is -2.11. The second-order valence-electron chi connectivity index (χ2n) is 3.46. The molecule has 2 nitrogen and oxygen atoms in total. The summed E-state index contributed by atoms with van der Waals surface area (Å²) in [6, 6.07) is 4.46. The van der Waals surface area contributed by atoms with E-state index in [1.54, 1.807) is 6.07 Å². The smallest absolute Gasteiger partial charge is 0.423 e. The number of hydrogen-bond acceptors (Lipinski definition) is 2. The van der Waals surface area contributed by atoms with E-state index in [4.69, 9.17) is 10.0 Å². The molecule has 0 saturated carbocycles. The molecule has 1 aromatic carbocycles. The summed E-state index contributed by atoms with van der Waals surface area (Å²) in [6.45, 7) is 4.05. The van der Waals surface area contributed by atoms with Crippen molar-refractivity contribution in [2.24, 2.45) is 0 Å². The molecule has 0 aliphatic rings. The quantitative estimate of drug-likeness (QED) is 0.708. The first-order valence-corrected chi connectivity index (χ1v) is 4.71. The van der Waals surface area contributed by atoms with Gasteiger partial charge in [0, 0.05) is 5.46 Å². The van der Waals surface area contributed by atoms with Crippen LogP contribution in [0.25, 0.3) is 0 Å². The predicted octanol–water partition coefficient (Wildman–Crippen LogP) is 1.02. The Hall–Kier alpha value is -0.865. The highest BCUT2D eigenvalue weighted by Crippen LogP contribution is 2.17. The van der Waals surface area contributed by atoms with Crippen molar-refractivity contribution >= 4 is 12.6 Å². The Kier molecular flexibility index (Phi) is 3.66. The van der Waals surface area contributed by atoms with Crippen LogP contribution in [0.5, 0.6) is 0 Å². The van der Waals surface area contributed by atoms with Crippen molar-refractivity contribution in [2.45, 2.75) is 26.2 Å². The summed E-state index contributed by atoms with van der Waals surface area (Å²) in [4.78, 5) is 0. The van der Waals surface area contributed by atoms with Crippen LogP contribution in [0, 0.1) is 5.82 Å². The predicted molar refractivity (Wildman–Crippen MR) is 54.9 cm³/mol. The summed E-state index contributed by atoms with van der Waals surface area (Å²) < 4.78 is 13.1. The number of rotatable bonds is 3. The van der Waals surface area contributed by atoms with Gasteiger partial charge in [-0.05, 0) is 24.0 Å². The van der Waals surface area contributed by atoms with Gasteiger partial charge in [-0.15, -0.1) is 0 Å². The Morgan fingerprint density at radius 2 is 2.07 bits per heavy atom. The third-order valence-electron chi connectivity index (χ3n) is 2.48. The van der Waals surface area contributed by atoms with Crippen molar-refractivity contribution in [3.63, 3.8) is 0 Å². The number of hydrogen-bond donors (Lipinski definition) is 2. The van der Waals surface area contributed by atoms with Gasteiger partial charge in [0.2, 0.25) is 0 Å². The highest BCUT2D eigenvalue weighted by atomic mass is 19.1. The molecule has 0 amide bonds. The van der Waals surface area contributed by atoms with Crippen LogP contribution in [-0.4, -0.2) is 17.2 Å². The molecule has 14 heavy (non-hydrogen) atoms. The van der Waals surface area contributed by atoms with Crippen LogP contribution in [0.1, 0.15) is 31.7 Å². The first kappa shape index (κ1) is 11.2. The van der Waals surface area contributed by atoms with Crippen LogP contribution < -0.4 is 5.46 Å². The molecule has 0 heterocycles. The molecule has 4 heteroatoms. The highest BCUT2D eigenvalue weighted by Gasteiger charge is 2.17. The molecule has 1 atom stereocenters. The molecule has 0 aliphatic carbocycles. The third kappa shape index (κ3) is 2.33. The van der Waals surface area contributed by atoms with Crippen molar-refractivity contribution < 1.29 is 14.4 Å². The minimum Gasteiger partial charge on any atom is -0.423 e. The molecule has 0 spiro atoms. The normalized spacial score (nSPS) is 12.6. The van der Waals surface area contributed by atoms with Crippen molar-refractivity contribution in [3.05, 3.63) is 29.6 Å². The van der Waals surface area contributed by atoms with Gasteiger partial charge >= 0.3 is 7.12 Å². The average Bonchev–Trinajstić information content (AvgIpc) is 2.17. The van der Waals surface area contributed by atoms with E-state index in [9.17, 15) is 4.39 Å². The van der Waals surface area contributed by atoms with Gasteiger partial charge in [-0.25, -0.2) is 4.39 Å². The zero-order valence-electron chi connectivity index (χ0n) is 8.37. The molecule has 0 saturated heterocycles. The van der Waals surface area contributed by atoms with E-state index in [2.05, 4.69) is 0 Å². The second-order valence-corrected chi connectivity index (χ2v) is 3.46. The van der Waals surface area contributed by atoms with Crippen LogP contribution in [0.3, 0.4) is 0 Å². The maximum absolute atomic E-state index is 13.1. The average molecular weight is 196 g/mol. The second kappa shape index (κ2) is 4.57. The Labute approximate surface area is 83.5 Å². The zero-order chi connectivity index (χ0) is 10.7. The van der Waals surface area contributed by atoms with Gasteiger partial charge in [0.15, 0.2) is 0 Å². The van der Waals surface area contributed by atoms with E-state index in [-0.39, 0.29) is 5.46 Å². The standard InChI is InChI=1S/C10H14BFO2/c1-3-7(2)8-4-5-10(12)9(6-8)11(13)14/h4-7,13-14H,3H2,1-2H3. The Morgan fingerprint density at radius 3 is 2.57 bits per heavy atom. The summed E-state index contributed by atoms with van der Waals surface area (Å²) in [7, 11) is -1.74. The molecular weight excluding hydrogens is 182 g/mol. The van der Waals surface area contributed by atoms with Crippen LogP contribution in [0.2, 0.25) is 0 Å².